The number of hydrogen-bond donors (Lipinski definition) is 1. The third-order valence-corrected chi connectivity index (χ3v) is 4.61. The Bertz CT molecular complexity index is 358. The van der Waals surface area contributed by atoms with Crippen molar-refractivity contribution in [1.82, 2.24) is 4.90 Å². The number of carboxylic acids is 1. The summed E-state index contributed by atoms with van der Waals surface area (Å²) < 4.78 is 5.38. The number of hydrogen-bond acceptors (Lipinski definition) is 4. The van der Waals surface area contributed by atoms with Crippen LogP contribution in [0.15, 0.2) is 0 Å². The number of carbonyl (C=O) groups excluding carboxylic acids is 1. The zero-order valence-corrected chi connectivity index (χ0v) is 11.5. The molecule has 0 aliphatic carbocycles. The van der Waals surface area contributed by atoms with Gasteiger partial charge < -0.3 is 14.7 Å². The topological polar surface area (TPSA) is 66.8 Å². The van der Waals surface area contributed by atoms with Gasteiger partial charge in [0.15, 0.2) is 6.10 Å². The molecule has 5 nitrogen and oxygen atoms in total. The number of rotatable bonds is 2. The van der Waals surface area contributed by atoms with Crippen LogP contribution in [0.4, 0.5) is 0 Å². The van der Waals surface area contributed by atoms with Crippen LogP contribution in [0.2, 0.25) is 0 Å². The number of carbonyl (C=O) groups is 2. The van der Waals surface area contributed by atoms with E-state index in [1.54, 1.807) is 0 Å². The van der Waals surface area contributed by atoms with Crippen molar-refractivity contribution in [3.8, 4) is 0 Å². The van der Waals surface area contributed by atoms with Crippen LogP contribution < -0.4 is 0 Å². The summed E-state index contributed by atoms with van der Waals surface area (Å²) in [6.45, 7) is 5.66. The molecule has 0 bridgehead atoms. The second-order valence-corrected chi connectivity index (χ2v) is 7.20. The van der Waals surface area contributed by atoms with Crippen LogP contribution in [0, 0.1) is 0 Å². The van der Waals surface area contributed by atoms with E-state index < -0.39 is 18.2 Å². The van der Waals surface area contributed by atoms with Gasteiger partial charge in [-0.3, -0.25) is 4.79 Å². The molecule has 2 aliphatic heterocycles. The van der Waals surface area contributed by atoms with Crippen LogP contribution >= 0.6 is 11.8 Å². The van der Waals surface area contributed by atoms with E-state index in [1.807, 2.05) is 16.7 Å². The Morgan fingerprint density at radius 2 is 2.00 bits per heavy atom. The summed E-state index contributed by atoms with van der Waals surface area (Å²) in [5.41, 5.74) is 0. The summed E-state index contributed by atoms with van der Waals surface area (Å²) in [7, 11) is 0. The van der Waals surface area contributed by atoms with E-state index >= 15 is 0 Å². The fraction of sp³-hybridized carbons (Fsp3) is 0.833. The zero-order valence-electron chi connectivity index (χ0n) is 10.7. The van der Waals surface area contributed by atoms with Gasteiger partial charge in [0, 0.05) is 23.6 Å². The van der Waals surface area contributed by atoms with E-state index in [-0.39, 0.29) is 10.7 Å². The number of carboxylic acid groups (broad SMARTS) is 1. The van der Waals surface area contributed by atoms with Crippen molar-refractivity contribution in [2.24, 2.45) is 0 Å². The Morgan fingerprint density at radius 1 is 1.33 bits per heavy atom. The monoisotopic (exact) mass is 273 g/mol. The normalized spacial score (nSPS) is 31.3. The Balaban J connectivity index is 1.94. The van der Waals surface area contributed by atoms with E-state index in [0.29, 0.717) is 19.4 Å². The highest BCUT2D eigenvalue weighted by atomic mass is 32.2. The number of ether oxygens (including phenoxy) is 1. The van der Waals surface area contributed by atoms with Gasteiger partial charge in [0.2, 0.25) is 0 Å². The maximum Gasteiger partial charge on any atom is 0.332 e. The lowest BCUT2D eigenvalue weighted by atomic mass is 10.1. The molecule has 2 heterocycles. The predicted molar refractivity (Wildman–Crippen MR) is 68.6 cm³/mol. The van der Waals surface area contributed by atoms with Crippen LogP contribution in [0.5, 0.6) is 0 Å². The van der Waals surface area contributed by atoms with Crippen molar-refractivity contribution in [3.63, 3.8) is 0 Å². The third-order valence-electron chi connectivity index (χ3n) is 3.31. The smallest absolute Gasteiger partial charge is 0.332 e. The fourth-order valence-electron chi connectivity index (χ4n) is 2.41. The number of aliphatic carboxylic acids is 1. The van der Waals surface area contributed by atoms with Gasteiger partial charge in [-0.2, -0.15) is 11.8 Å². The molecule has 1 amide bonds. The largest absolute Gasteiger partial charge is 0.479 e. The molecule has 0 spiro atoms. The van der Waals surface area contributed by atoms with Crippen molar-refractivity contribution in [2.75, 3.05) is 18.8 Å². The molecule has 18 heavy (non-hydrogen) atoms. The molecule has 0 aromatic rings. The Hall–Kier alpha value is -0.750. The molecule has 0 aromatic carbocycles. The Kier molecular flexibility index (Phi) is 3.87. The summed E-state index contributed by atoms with van der Waals surface area (Å²) in [4.78, 5) is 24.9. The molecule has 0 aromatic heterocycles. The van der Waals surface area contributed by atoms with Gasteiger partial charge in [-0.1, -0.05) is 0 Å². The molecule has 1 N–H and O–H groups in total. The summed E-state index contributed by atoms with van der Waals surface area (Å²) >= 11 is 1.86. The van der Waals surface area contributed by atoms with Gasteiger partial charge in [0.1, 0.15) is 6.10 Å². The fourth-order valence-corrected chi connectivity index (χ4v) is 3.52. The second-order valence-electron chi connectivity index (χ2n) is 5.40. The third kappa shape index (κ3) is 2.98. The number of amides is 1. The SMILES string of the molecule is CC1(C)CN(C(=O)[C@@H]2CC[C@H](C(=O)O)O2)CCS1. The van der Waals surface area contributed by atoms with Gasteiger partial charge in [-0.15, -0.1) is 0 Å². The molecular formula is C12H19NO4S. The Morgan fingerprint density at radius 3 is 2.56 bits per heavy atom. The molecule has 2 atom stereocenters. The molecule has 0 radical (unpaired) electrons. The first kappa shape index (κ1) is 13.7. The first-order chi connectivity index (χ1) is 8.39. The van der Waals surface area contributed by atoms with Crippen LogP contribution in [-0.2, 0) is 14.3 Å². The van der Waals surface area contributed by atoms with Gasteiger partial charge in [-0.25, -0.2) is 4.79 Å². The highest BCUT2D eigenvalue weighted by molar-refractivity contribution is 8.00. The highest BCUT2D eigenvalue weighted by Gasteiger charge is 2.39. The van der Waals surface area contributed by atoms with Crippen molar-refractivity contribution in [3.05, 3.63) is 0 Å². The second kappa shape index (κ2) is 5.09. The molecule has 6 heteroatoms. The first-order valence-corrected chi connectivity index (χ1v) is 7.19. The maximum atomic E-state index is 12.3. The van der Waals surface area contributed by atoms with E-state index in [2.05, 4.69) is 13.8 Å². The van der Waals surface area contributed by atoms with Crippen LogP contribution in [0.3, 0.4) is 0 Å². The standard InChI is InChI=1S/C12H19NO4S/c1-12(2)7-13(5-6-18-12)10(14)8-3-4-9(17-8)11(15)16/h8-9H,3-7H2,1-2H3,(H,15,16)/t8-,9+/m0/s1. The molecule has 2 saturated heterocycles. The van der Waals surface area contributed by atoms with Gasteiger partial charge in [-0.05, 0) is 26.7 Å². The van der Waals surface area contributed by atoms with E-state index in [4.69, 9.17) is 9.84 Å². The molecule has 2 fully saturated rings. The minimum absolute atomic E-state index is 0.0490. The van der Waals surface area contributed by atoms with Gasteiger partial charge >= 0.3 is 5.97 Å². The Labute approximate surface area is 111 Å². The molecule has 102 valence electrons. The number of thioether (sulfide) groups is 1. The molecular weight excluding hydrogens is 254 g/mol. The first-order valence-electron chi connectivity index (χ1n) is 6.20. The van der Waals surface area contributed by atoms with Crippen molar-refractivity contribution in [1.29, 1.82) is 0 Å². The van der Waals surface area contributed by atoms with Crippen LogP contribution in [-0.4, -0.2) is 57.7 Å². The highest BCUT2D eigenvalue weighted by Crippen LogP contribution is 2.31. The van der Waals surface area contributed by atoms with Crippen molar-refractivity contribution in [2.45, 2.75) is 43.6 Å². The molecule has 0 unspecified atom stereocenters. The molecule has 0 saturated carbocycles. The zero-order chi connectivity index (χ0) is 13.3. The van der Waals surface area contributed by atoms with Crippen LogP contribution in [0.25, 0.3) is 0 Å². The minimum atomic E-state index is -0.972. The molecule has 2 aliphatic rings. The summed E-state index contributed by atoms with van der Waals surface area (Å²) in [5, 5.41) is 8.85. The lowest BCUT2D eigenvalue weighted by molar-refractivity contribution is -0.154. The minimum Gasteiger partial charge on any atom is -0.479 e. The summed E-state index contributed by atoms with van der Waals surface area (Å²) in [6.07, 6.45) is -0.437. The van der Waals surface area contributed by atoms with Crippen LogP contribution in [0.1, 0.15) is 26.7 Å². The van der Waals surface area contributed by atoms with E-state index in [9.17, 15) is 9.59 Å². The predicted octanol–water partition coefficient (Wildman–Crippen LogP) is 0.973. The van der Waals surface area contributed by atoms with E-state index in [1.165, 1.54) is 0 Å². The van der Waals surface area contributed by atoms with E-state index in [0.717, 1.165) is 12.3 Å². The number of nitrogens with zero attached hydrogens (tertiary/aromatic N) is 1. The van der Waals surface area contributed by atoms with Gasteiger partial charge in [0.05, 0.1) is 0 Å². The average Bonchev–Trinajstić information content (AvgIpc) is 2.76. The van der Waals surface area contributed by atoms with Gasteiger partial charge in [0.25, 0.3) is 5.91 Å². The maximum absolute atomic E-state index is 12.3. The van der Waals surface area contributed by atoms with Crippen molar-refractivity contribution >= 4 is 23.6 Å². The summed E-state index contributed by atoms with van der Waals surface area (Å²) in [6, 6.07) is 0. The average molecular weight is 273 g/mol. The lowest BCUT2D eigenvalue weighted by Crippen LogP contribution is -2.49. The lowest BCUT2D eigenvalue weighted by Gasteiger charge is -2.38. The quantitative estimate of drug-likeness (QED) is 0.812. The summed E-state index contributed by atoms with van der Waals surface area (Å²) in [5.74, 6) is -0.0969. The van der Waals surface area contributed by atoms with Crippen molar-refractivity contribution < 1.29 is 19.4 Å². The molecule has 2 rings (SSSR count).